The van der Waals surface area contributed by atoms with E-state index in [1.165, 1.54) is 28.8 Å². The van der Waals surface area contributed by atoms with Crippen molar-refractivity contribution in [3.8, 4) is 0 Å². The van der Waals surface area contributed by atoms with Gasteiger partial charge < -0.3 is 10.2 Å². The minimum absolute atomic E-state index is 0.101. The van der Waals surface area contributed by atoms with Crippen LogP contribution in [0.1, 0.15) is 23.1 Å². The molecular formula is C24H32FN3OS. The van der Waals surface area contributed by atoms with Gasteiger partial charge in [-0.1, -0.05) is 23.8 Å². The van der Waals surface area contributed by atoms with Crippen molar-refractivity contribution in [1.82, 2.24) is 15.1 Å². The molecule has 2 aromatic rings. The molecule has 6 heteroatoms. The number of likely N-dealkylation sites (tertiary alicyclic amines) is 1. The summed E-state index contributed by atoms with van der Waals surface area (Å²) in [5.41, 5.74) is 3.76. The third kappa shape index (κ3) is 6.30. The summed E-state index contributed by atoms with van der Waals surface area (Å²) in [5.74, 6) is -0.121. The summed E-state index contributed by atoms with van der Waals surface area (Å²) < 4.78 is 13.2. The summed E-state index contributed by atoms with van der Waals surface area (Å²) in [6, 6.07) is 13.0. The first-order chi connectivity index (χ1) is 14.3. The van der Waals surface area contributed by atoms with Crippen LogP contribution in [0.4, 0.5) is 4.39 Å². The molecule has 2 aromatic carbocycles. The smallest absolute Gasteiger partial charge is 0.237 e. The lowest BCUT2D eigenvalue weighted by Gasteiger charge is -2.25. The maximum atomic E-state index is 13.2. The summed E-state index contributed by atoms with van der Waals surface area (Å²) in [4.78, 5) is 18.4. The highest BCUT2D eigenvalue weighted by molar-refractivity contribution is 8.00. The fourth-order valence-electron chi connectivity index (χ4n) is 3.81. The maximum absolute atomic E-state index is 13.2. The van der Waals surface area contributed by atoms with Crippen molar-refractivity contribution in [2.24, 2.45) is 0 Å². The van der Waals surface area contributed by atoms with E-state index in [9.17, 15) is 9.18 Å². The first kappa shape index (κ1) is 22.8. The third-order valence-corrected chi connectivity index (χ3v) is 6.74. The Bertz CT molecular complexity index is 856. The van der Waals surface area contributed by atoms with Crippen molar-refractivity contribution in [3.63, 3.8) is 0 Å². The van der Waals surface area contributed by atoms with Gasteiger partial charge >= 0.3 is 0 Å². The molecule has 1 N–H and O–H groups in total. The minimum atomic E-state index is -0.222. The average molecular weight is 430 g/mol. The van der Waals surface area contributed by atoms with Crippen LogP contribution in [0.2, 0.25) is 0 Å². The molecule has 2 atom stereocenters. The second-order valence-electron chi connectivity index (χ2n) is 8.40. The zero-order valence-electron chi connectivity index (χ0n) is 18.3. The van der Waals surface area contributed by atoms with Crippen molar-refractivity contribution >= 4 is 17.7 Å². The Labute approximate surface area is 183 Å². The van der Waals surface area contributed by atoms with Gasteiger partial charge in [0.05, 0.1) is 6.04 Å². The lowest BCUT2D eigenvalue weighted by atomic mass is 10.0. The predicted octanol–water partition coefficient (Wildman–Crippen LogP) is 3.86. The molecule has 1 amide bonds. The van der Waals surface area contributed by atoms with Crippen LogP contribution < -0.4 is 5.32 Å². The topological polar surface area (TPSA) is 35.6 Å². The molecule has 0 spiro atoms. The lowest BCUT2D eigenvalue weighted by Crippen LogP contribution is -2.44. The number of carbonyl (C=O) groups excluding carboxylic acids is 1. The summed E-state index contributed by atoms with van der Waals surface area (Å²) in [7, 11) is 4.01. The van der Waals surface area contributed by atoms with Gasteiger partial charge in [-0.3, -0.25) is 9.69 Å². The molecule has 1 fully saturated rings. The summed E-state index contributed by atoms with van der Waals surface area (Å²) in [5, 5.41) is 3.40. The van der Waals surface area contributed by atoms with Crippen LogP contribution in [0.3, 0.4) is 0 Å². The van der Waals surface area contributed by atoms with Gasteiger partial charge in [0.15, 0.2) is 0 Å². The van der Waals surface area contributed by atoms with E-state index < -0.39 is 0 Å². The van der Waals surface area contributed by atoms with Crippen LogP contribution in [0, 0.1) is 19.7 Å². The molecule has 4 nitrogen and oxygen atoms in total. The van der Waals surface area contributed by atoms with E-state index in [1.807, 2.05) is 26.2 Å². The number of thioether (sulfide) groups is 1. The summed E-state index contributed by atoms with van der Waals surface area (Å²) in [6.45, 7) is 7.30. The first-order valence-electron chi connectivity index (χ1n) is 10.5. The predicted molar refractivity (Wildman–Crippen MR) is 122 cm³/mol. The van der Waals surface area contributed by atoms with E-state index in [-0.39, 0.29) is 17.8 Å². The highest BCUT2D eigenvalue weighted by Gasteiger charge is 2.37. The van der Waals surface area contributed by atoms with Crippen molar-refractivity contribution < 1.29 is 9.18 Å². The molecule has 3 rings (SSSR count). The van der Waals surface area contributed by atoms with Gasteiger partial charge in [-0.2, -0.15) is 0 Å². The molecule has 1 aliphatic rings. The molecule has 30 heavy (non-hydrogen) atoms. The van der Waals surface area contributed by atoms with E-state index in [1.54, 1.807) is 11.8 Å². The lowest BCUT2D eigenvalue weighted by molar-refractivity contribution is -0.125. The molecule has 1 heterocycles. The molecule has 1 aliphatic heterocycles. The second-order valence-corrected chi connectivity index (χ2v) is 9.77. The molecular weight excluding hydrogens is 397 g/mol. The van der Waals surface area contributed by atoms with Crippen LogP contribution in [0.15, 0.2) is 47.4 Å². The average Bonchev–Trinajstić information content (AvgIpc) is 3.08. The molecule has 0 aliphatic carbocycles. The van der Waals surface area contributed by atoms with Crippen LogP contribution in [0.25, 0.3) is 0 Å². The quantitative estimate of drug-likeness (QED) is 0.691. The monoisotopic (exact) mass is 429 g/mol. The van der Waals surface area contributed by atoms with Gasteiger partial charge in [0, 0.05) is 36.3 Å². The number of carbonyl (C=O) groups is 1. The van der Waals surface area contributed by atoms with Gasteiger partial charge in [0.1, 0.15) is 5.82 Å². The van der Waals surface area contributed by atoms with E-state index in [4.69, 9.17) is 0 Å². The molecule has 0 saturated carbocycles. The van der Waals surface area contributed by atoms with Gasteiger partial charge in [-0.05, 0) is 69.8 Å². The number of rotatable bonds is 8. The first-order valence-corrected chi connectivity index (χ1v) is 11.3. The number of hydrogen-bond donors (Lipinski definition) is 1. The number of aryl methyl sites for hydroxylation is 2. The van der Waals surface area contributed by atoms with Crippen LogP contribution in [0.5, 0.6) is 0 Å². The molecule has 0 bridgehead atoms. The fourth-order valence-corrected chi connectivity index (χ4v) is 5.03. The molecule has 1 saturated heterocycles. The Morgan fingerprint density at radius 2 is 1.93 bits per heavy atom. The maximum Gasteiger partial charge on any atom is 0.237 e. The number of nitrogens with one attached hydrogen (secondary N) is 1. The van der Waals surface area contributed by atoms with E-state index >= 15 is 0 Å². The number of hydrogen-bond acceptors (Lipinski definition) is 4. The Balaban J connectivity index is 1.72. The van der Waals surface area contributed by atoms with Gasteiger partial charge in [-0.15, -0.1) is 11.8 Å². The summed E-state index contributed by atoms with van der Waals surface area (Å²) >= 11 is 1.73. The fraction of sp³-hybridized carbons (Fsp3) is 0.458. The molecule has 0 aromatic heterocycles. The Hall–Kier alpha value is -1.89. The Kier molecular flexibility index (Phi) is 7.92. The van der Waals surface area contributed by atoms with E-state index in [0.29, 0.717) is 11.8 Å². The van der Waals surface area contributed by atoms with Crippen molar-refractivity contribution in [1.29, 1.82) is 0 Å². The number of nitrogens with zero attached hydrogens (tertiary/aromatic N) is 2. The SMILES string of the molecule is Cc1ccc(C)c(CN2C[C@@H](Sc3ccc(F)cc3)C[C@H]2C(=O)NCCN(C)C)c1. The number of benzene rings is 2. The highest BCUT2D eigenvalue weighted by Crippen LogP contribution is 2.34. The number of likely N-dealkylation sites (N-methyl/N-ethyl adjacent to an activating group) is 1. The summed E-state index contributed by atoms with van der Waals surface area (Å²) in [6.07, 6.45) is 0.792. The normalized spacial score (nSPS) is 19.4. The zero-order chi connectivity index (χ0) is 21.7. The van der Waals surface area contributed by atoms with Gasteiger partial charge in [0.25, 0.3) is 0 Å². The van der Waals surface area contributed by atoms with E-state index in [0.717, 1.165) is 31.0 Å². The molecule has 0 radical (unpaired) electrons. The number of amides is 1. The van der Waals surface area contributed by atoms with Crippen LogP contribution in [-0.2, 0) is 11.3 Å². The Morgan fingerprint density at radius 3 is 2.63 bits per heavy atom. The standard InChI is InChI=1S/C24H32FN3OS/c1-17-5-6-18(2)19(13-17)15-28-16-22(30-21-9-7-20(25)8-10-21)14-23(28)24(29)26-11-12-27(3)4/h5-10,13,22-23H,11-12,14-16H2,1-4H3,(H,26,29)/t22-,23-/m0/s1. The third-order valence-electron chi connectivity index (χ3n) is 5.52. The largest absolute Gasteiger partial charge is 0.353 e. The number of halogens is 1. The Morgan fingerprint density at radius 1 is 1.20 bits per heavy atom. The zero-order valence-corrected chi connectivity index (χ0v) is 19.1. The second kappa shape index (κ2) is 10.4. The molecule has 0 unspecified atom stereocenters. The highest BCUT2D eigenvalue weighted by atomic mass is 32.2. The van der Waals surface area contributed by atoms with Crippen LogP contribution >= 0.6 is 11.8 Å². The van der Waals surface area contributed by atoms with Gasteiger partial charge in [0.2, 0.25) is 5.91 Å². The van der Waals surface area contributed by atoms with Gasteiger partial charge in [-0.25, -0.2) is 4.39 Å². The molecule has 162 valence electrons. The van der Waals surface area contributed by atoms with Crippen LogP contribution in [-0.4, -0.2) is 60.7 Å². The van der Waals surface area contributed by atoms with Crippen molar-refractivity contribution in [3.05, 3.63) is 65.0 Å². The van der Waals surface area contributed by atoms with Crippen molar-refractivity contribution in [2.45, 2.75) is 43.0 Å². The van der Waals surface area contributed by atoms with E-state index in [2.05, 4.69) is 47.2 Å². The van der Waals surface area contributed by atoms with Crippen molar-refractivity contribution in [2.75, 3.05) is 33.7 Å². The minimum Gasteiger partial charge on any atom is -0.353 e.